The van der Waals surface area contributed by atoms with Crippen molar-refractivity contribution in [2.75, 3.05) is 4.72 Å². The molecule has 0 aliphatic carbocycles. The summed E-state index contributed by atoms with van der Waals surface area (Å²) in [5.41, 5.74) is 5.38. The Morgan fingerprint density at radius 3 is 2.29 bits per heavy atom. The van der Waals surface area contributed by atoms with E-state index in [0.29, 0.717) is 5.69 Å². The second-order valence-corrected chi connectivity index (χ2v) is 8.14. The molecule has 0 spiro atoms. The topological polar surface area (TPSA) is 90.0 Å². The van der Waals surface area contributed by atoms with Crippen LogP contribution in [0.2, 0.25) is 0 Å². The summed E-state index contributed by atoms with van der Waals surface area (Å²) in [4.78, 5) is 0. The highest BCUT2D eigenvalue weighted by Crippen LogP contribution is 2.28. The molecule has 142 valence electrons. The highest BCUT2D eigenvalue weighted by atomic mass is 32.2. The van der Waals surface area contributed by atoms with Gasteiger partial charge in [0.25, 0.3) is 10.2 Å². The molecule has 1 heterocycles. The summed E-state index contributed by atoms with van der Waals surface area (Å²) in [6, 6.07) is 21.7. The Labute approximate surface area is 163 Å². The molecule has 3 N–H and O–H groups in total. The van der Waals surface area contributed by atoms with Crippen LogP contribution in [0.5, 0.6) is 0 Å². The van der Waals surface area contributed by atoms with Gasteiger partial charge in [0.1, 0.15) is 0 Å². The summed E-state index contributed by atoms with van der Waals surface area (Å²) in [7, 11) is -3.80. The molecule has 0 amide bonds. The first-order chi connectivity index (χ1) is 13.3. The van der Waals surface area contributed by atoms with E-state index in [-0.39, 0.29) is 0 Å². The monoisotopic (exact) mass is 392 g/mol. The van der Waals surface area contributed by atoms with E-state index in [1.807, 2.05) is 17.7 Å². The number of rotatable bonds is 4. The minimum atomic E-state index is -3.80. The summed E-state index contributed by atoms with van der Waals surface area (Å²) in [5.74, 6) is 0. The van der Waals surface area contributed by atoms with Crippen molar-refractivity contribution < 1.29 is 8.42 Å². The Hall–Kier alpha value is -3.16. The van der Waals surface area contributed by atoms with Crippen molar-refractivity contribution in [2.24, 2.45) is 5.14 Å². The first-order valence-electron chi connectivity index (χ1n) is 8.77. The van der Waals surface area contributed by atoms with Gasteiger partial charge in [-0.25, -0.2) is 9.82 Å². The zero-order valence-electron chi connectivity index (χ0n) is 15.5. The summed E-state index contributed by atoms with van der Waals surface area (Å²) >= 11 is 0. The fraction of sp³-hybridized carbons (Fsp3) is 0.0952. The molecule has 4 rings (SSSR count). The highest BCUT2D eigenvalue weighted by molar-refractivity contribution is 7.90. The van der Waals surface area contributed by atoms with E-state index in [2.05, 4.69) is 53.1 Å². The second kappa shape index (κ2) is 6.78. The van der Waals surface area contributed by atoms with Gasteiger partial charge in [-0.2, -0.15) is 13.5 Å². The van der Waals surface area contributed by atoms with Crippen LogP contribution in [-0.4, -0.2) is 18.2 Å². The summed E-state index contributed by atoms with van der Waals surface area (Å²) in [6.07, 6.45) is 0. The Morgan fingerprint density at radius 2 is 1.57 bits per heavy atom. The van der Waals surface area contributed by atoms with E-state index in [4.69, 9.17) is 5.14 Å². The zero-order valence-corrected chi connectivity index (χ0v) is 16.4. The van der Waals surface area contributed by atoms with E-state index in [1.54, 1.807) is 24.3 Å². The molecule has 4 aromatic rings. The van der Waals surface area contributed by atoms with Crippen LogP contribution in [0.1, 0.15) is 11.3 Å². The molecule has 0 saturated heterocycles. The van der Waals surface area contributed by atoms with Crippen molar-refractivity contribution in [3.05, 3.63) is 78.0 Å². The van der Waals surface area contributed by atoms with E-state index in [9.17, 15) is 8.42 Å². The lowest BCUT2D eigenvalue weighted by Crippen LogP contribution is -2.21. The highest BCUT2D eigenvalue weighted by Gasteiger charge is 2.11. The van der Waals surface area contributed by atoms with Crippen molar-refractivity contribution in [3.63, 3.8) is 0 Å². The van der Waals surface area contributed by atoms with Gasteiger partial charge in [-0.05, 0) is 61.0 Å². The minimum Gasteiger partial charge on any atom is -0.271 e. The van der Waals surface area contributed by atoms with E-state index in [1.165, 1.54) is 16.3 Å². The van der Waals surface area contributed by atoms with Crippen LogP contribution in [0.25, 0.3) is 27.7 Å². The molecule has 0 aliphatic heterocycles. The second-order valence-electron chi connectivity index (χ2n) is 6.84. The van der Waals surface area contributed by atoms with Gasteiger partial charge in [0, 0.05) is 11.3 Å². The molecule has 6 nitrogen and oxygen atoms in total. The predicted molar refractivity (Wildman–Crippen MR) is 113 cm³/mol. The maximum absolute atomic E-state index is 11.2. The van der Waals surface area contributed by atoms with Gasteiger partial charge in [0.2, 0.25) is 0 Å². The zero-order chi connectivity index (χ0) is 19.9. The van der Waals surface area contributed by atoms with E-state index >= 15 is 0 Å². The SMILES string of the molecule is Cc1ccc2cc(-c3cc(C)nn3-c3ccc(NS(N)(=O)=O)cc3)ccc2c1. The summed E-state index contributed by atoms with van der Waals surface area (Å²) in [6.45, 7) is 4.03. The van der Waals surface area contributed by atoms with Gasteiger partial charge in [-0.3, -0.25) is 4.72 Å². The third-order valence-corrected chi connectivity index (χ3v) is 5.02. The molecular formula is C21H20N4O2S. The first-order valence-corrected chi connectivity index (χ1v) is 10.3. The molecule has 7 heteroatoms. The molecule has 0 unspecified atom stereocenters. The van der Waals surface area contributed by atoms with Crippen molar-refractivity contribution in [3.8, 4) is 16.9 Å². The van der Waals surface area contributed by atoms with Crippen LogP contribution >= 0.6 is 0 Å². The summed E-state index contributed by atoms with van der Waals surface area (Å²) < 4.78 is 26.5. The van der Waals surface area contributed by atoms with Gasteiger partial charge in [-0.15, -0.1) is 0 Å². The Morgan fingerprint density at radius 1 is 0.893 bits per heavy atom. The van der Waals surface area contributed by atoms with Gasteiger partial charge >= 0.3 is 0 Å². The van der Waals surface area contributed by atoms with Crippen molar-refractivity contribution >= 4 is 26.7 Å². The molecule has 1 aromatic heterocycles. The number of hydrogen-bond acceptors (Lipinski definition) is 3. The van der Waals surface area contributed by atoms with Crippen LogP contribution in [0.4, 0.5) is 5.69 Å². The fourth-order valence-corrected chi connectivity index (χ4v) is 3.73. The van der Waals surface area contributed by atoms with E-state index < -0.39 is 10.2 Å². The molecule has 28 heavy (non-hydrogen) atoms. The van der Waals surface area contributed by atoms with Crippen molar-refractivity contribution in [1.29, 1.82) is 0 Å². The number of nitrogens with one attached hydrogen (secondary N) is 1. The lowest BCUT2D eigenvalue weighted by atomic mass is 10.0. The number of hydrogen-bond donors (Lipinski definition) is 2. The van der Waals surface area contributed by atoms with Crippen molar-refractivity contribution in [2.45, 2.75) is 13.8 Å². The smallest absolute Gasteiger partial charge is 0.271 e. The molecule has 0 aliphatic rings. The average molecular weight is 392 g/mol. The standard InChI is InChI=1S/C21H20N4O2S/c1-14-3-4-17-13-18(6-5-16(17)11-14)21-12-15(2)23-25(21)20-9-7-19(8-10-20)24-28(22,26)27/h3-13,24H,1-2H3,(H2,22,26,27). The Kier molecular flexibility index (Phi) is 4.41. The number of nitrogens with zero attached hydrogens (tertiary/aromatic N) is 2. The molecule has 0 saturated carbocycles. The Bertz CT molecular complexity index is 1280. The average Bonchev–Trinajstić information content (AvgIpc) is 3.02. The molecule has 0 bridgehead atoms. The maximum Gasteiger partial charge on any atom is 0.296 e. The van der Waals surface area contributed by atoms with Crippen LogP contribution in [0, 0.1) is 13.8 Å². The number of benzene rings is 3. The van der Waals surface area contributed by atoms with Crippen LogP contribution < -0.4 is 9.86 Å². The first kappa shape index (κ1) is 18.2. The van der Waals surface area contributed by atoms with E-state index in [0.717, 1.165) is 22.6 Å². The van der Waals surface area contributed by atoms with Gasteiger partial charge in [0.15, 0.2) is 0 Å². The lowest BCUT2D eigenvalue weighted by Gasteiger charge is -2.10. The van der Waals surface area contributed by atoms with Gasteiger partial charge in [-0.1, -0.05) is 35.9 Å². The number of aryl methyl sites for hydroxylation is 2. The molecule has 0 atom stereocenters. The summed E-state index contributed by atoms with van der Waals surface area (Å²) in [5, 5.41) is 12.0. The fourth-order valence-electron chi connectivity index (χ4n) is 3.26. The minimum absolute atomic E-state index is 0.401. The third-order valence-electron chi connectivity index (χ3n) is 4.50. The molecular weight excluding hydrogens is 372 g/mol. The maximum atomic E-state index is 11.2. The largest absolute Gasteiger partial charge is 0.296 e. The number of anilines is 1. The number of nitrogens with two attached hydrogens (primary N) is 1. The van der Waals surface area contributed by atoms with Crippen LogP contribution in [-0.2, 0) is 10.2 Å². The van der Waals surface area contributed by atoms with Crippen molar-refractivity contribution in [1.82, 2.24) is 9.78 Å². The Balaban J connectivity index is 1.76. The normalized spacial score (nSPS) is 11.7. The third kappa shape index (κ3) is 3.76. The van der Waals surface area contributed by atoms with Crippen LogP contribution in [0.3, 0.4) is 0 Å². The lowest BCUT2D eigenvalue weighted by molar-refractivity contribution is 0.603. The number of aromatic nitrogens is 2. The van der Waals surface area contributed by atoms with Crippen LogP contribution in [0.15, 0.2) is 66.7 Å². The van der Waals surface area contributed by atoms with Gasteiger partial charge in [0.05, 0.1) is 17.1 Å². The molecule has 0 fully saturated rings. The molecule has 3 aromatic carbocycles. The van der Waals surface area contributed by atoms with Gasteiger partial charge < -0.3 is 0 Å². The number of fused-ring (bicyclic) bond motifs is 1. The predicted octanol–water partition coefficient (Wildman–Crippen LogP) is 3.92. The quantitative estimate of drug-likeness (QED) is 0.551. The molecule has 0 radical (unpaired) electrons.